The molecule has 1 unspecified atom stereocenters. The summed E-state index contributed by atoms with van der Waals surface area (Å²) < 4.78 is 5.19. The Morgan fingerprint density at radius 2 is 2.05 bits per heavy atom. The van der Waals surface area contributed by atoms with Crippen molar-refractivity contribution in [1.29, 1.82) is 0 Å². The standard InChI is InChI=1S/C11H13N3O5/c12-11(3-4-19-7-11)6-8-1-2-9(13(15)16)5-10(8)14(17)18/h1-2,5H,3-4,6-7,12H2. The second kappa shape index (κ2) is 4.90. The summed E-state index contributed by atoms with van der Waals surface area (Å²) in [6, 6.07) is 3.61. The lowest BCUT2D eigenvalue weighted by Crippen LogP contribution is -2.42. The predicted molar refractivity (Wildman–Crippen MR) is 65.8 cm³/mol. The molecule has 2 rings (SSSR count). The van der Waals surface area contributed by atoms with Gasteiger partial charge in [0.15, 0.2) is 0 Å². The Hall–Kier alpha value is -2.06. The van der Waals surface area contributed by atoms with Crippen LogP contribution in [0.15, 0.2) is 18.2 Å². The van der Waals surface area contributed by atoms with Crippen LogP contribution in [0.3, 0.4) is 0 Å². The van der Waals surface area contributed by atoms with E-state index in [4.69, 9.17) is 10.5 Å². The first-order valence-electron chi connectivity index (χ1n) is 5.70. The fraction of sp³-hybridized carbons (Fsp3) is 0.455. The predicted octanol–water partition coefficient (Wildman–Crippen LogP) is 1.16. The minimum Gasteiger partial charge on any atom is -0.379 e. The van der Waals surface area contributed by atoms with Gasteiger partial charge in [0.05, 0.1) is 22.5 Å². The second-order valence-electron chi connectivity index (χ2n) is 4.67. The molecule has 8 nitrogen and oxygen atoms in total. The van der Waals surface area contributed by atoms with E-state index in [0.717, 1.165) is 6.07 Å². The maximum Gasteiger partial charge on any atom is 0.279 e. The number of nitro groups is 2. The van der Waals surface area contributed by atoms with E-state index >= 15 is 0 Å². The lowest BCUT2D eigenvalue weighted by Gasteiger charge is -2.21. The minimum atomic E-state index is -0.659. The molecule has 0 aliphatic carbocycles. The van der Waals surface area contributed by atoms with Crippen LogP contribution < -0.4 is 5.73 Å². The van der Waals surface area contributed by atoms with E-state index in [1.807, 2.05) is 0 Å². The molecule has 1 aliphatic heterocycles. The molecule has 0 radical (unpaired) electrons. The number of hydrogen-bond acceptors (Lipinski definition) is 6. The van der Waals surface area contributed by atoms with Crippen LogP contribution in [0.25, 0.3) is 0 Å². The van der Waals surface area contributed by atoms with E-state index in [2.05, 4.69) is 0 Å². The number of hydrogen-bond donors (Lipinski definition) is 1. The highest BCUT2D eigenvalue weighted by Crippen LogP contribution is 2.29. The molecule has 1 aliphatic rings. The summed E-state index contributed by atoms with van der Waals surface area (Å²) in [5.41, 5.74) is 5.26. The molecule has 1 fully saturated rings. The Balaban J connectivity index is 2.34. The molecule has 0 aromatic heterocycles. The summed E-state index contributed by atoms with van der Waals surface area (Å²) in [5, 5.41) is 21.6. The first-order valence-corrected chi connectivity index (χ1v) is 5.70. The molecule has 2 N–H and O–H groups in total. The van der Waals surface area contributed by atoms with E-state index in [-0.39, 0.29) is 17.8 Å². The van der Waals surface area contributed by atoms with Crippen LogP contribution in [-0.2, 0) is 11.2 Å². The van der Waals surface area contributed by atoms with Gasteiger partial charge in [-0.15, -0.1) is 0 Å². The van der Waals surface area contributed by atoms with Crippen LogP contribution >= 0.6 is 0 Å². The van der Waals surface area contributed by atoms with E-state index in [1.54, 1.807) is 0 Å². The minimum absolute atomic E-state index is 0.265. The Morgan fingerprint density at radius 1 is 1.32 bits per heavy atom. The molecule has 0 amide bonds. The van der Waals surface area contributed by atoms with Gasteiger partial charge in [0.1, 0.15) is 0 Å². The molecule has 1 saturated heterocycles. The van der Waals surface area contributed by atoms with Crippen LogP contribution in [0.5, 0.6) is 0 Å². The van der Waals surface area contributed by atoms with Crippen molar-refractivity contribution in [2.45, 2.75) is 18.4 Å². The Kier molecular flexibility index (Phi) is 3.45. The number of ether oxygens (including phenoxy) is 1. The monoisotopic (exact) mass is 267 g/mol. The zero-order valence-corrected chi connectivity index (χ0v) is 10.1. The molecule has 1 aromatic rings. The molecule has 102 valence electrons. The zero-order chi connectivity index (χ0) is 14.0. The first-order chi connectivity index (χ1) is 8.91. The van der Waals surface area contributed by atoms with Crippen LogP contribution in [0.2, 0.25) is 0 Å². The third-order valence-corrected chi connectivity index (χ3v) is 3.15. The van der Waals surface area contributed by atoms with Gasteiger partial charge in [-0.1, -0.05) is 0 Å². The summed E-state index contributed by atoms with van der Waals surface area (Å²) in [5.74, 6) is 0. The highest BCUT2D eigenvalue weighted by Gasteiger charge is 2.33. The Labute approximate surface area is 108 Å². The fourth-order valence-corrected chi connectivity index (χ4v) is 2.13. The molecule has 0 bridgehead atoms. The molecule has 1 heterocycles. The van der Waals surface area contributed by atoms with Gasteiger partial charge in [-0.3, -0.25) is 20.2 Å². The molecule has 0 spiro atoms. The second-order valence-corrected chi connectivity index (χ2v) is 4.67. The third kappa shape index (κ3) is 2.85. The zero-order valence-electron chi connectivity index (χ0n) is 10.1. The smallest absolute Gasteiger partial charge is 0.279 e. The number of nitro benzene ring substituents is 2. The van der Waals surface area contributed by atoms with Crippen molar-refractivity contribution in [3.8, 4) is 0 Å². The quantitative estimate of drug-likeness (QED) is 0.645. The van der Waals surface area contributed by atoms with Gasteiger partial charge in [0, 0.05) is 23.8 Å². The van der Waals surface area contributed by atoms with E-state index in [0.29, 0.717) is 25.2 Å². The average Bonchev–Trinajstić information content (AvgIpc) is 2.75. The van der Waals surface area contributed by atoms with E-state index in [1.165, 1.54) is 12.1 Å². The van der Waals surface area contributed by atoms with Gasteiger partial charge in [-0.05, 0) is 18.9 Å². The topological polar surface area (TPSA) is 122 Å². The lowest BCUT2D eigenvalue weighted by atomic mass is 9.90. The van der Waals surface area contributed by atoms with Crippen molar-refractivity contribution in [2.75, 3.05) is 13.2 Å². The molecule has 19 heavy (non-hydrogen) atoms. The van der Waals surface area contributed by atoms with Crippen molar-refractivity contribution in [2.24, 2.45) is 5.73 Å². The fourth-order valence-electron chi connectivity index (χ4n) is 2.13. The van der Waals surface area contributed by atoms with Crippen molar-refractivity contribution >= 4 is 11.4 Å². The van der Waals surface area contributed by atoms with Crippen molar-refractivity contribution in [3.05, 3.63) is 44.0 Å². The molecular weight excluding hydrogens is 254 g/mol. The molecule has 0 saturated carbocycles. The van der Waals surface area contributed by atoms with E-state index < -0.39 is 15.4 Å². The summed E-state index contributed by atoms with van der Waals surface area (Å²) in [7, 11) is 0. The van der Waals surface area contributed by atoms with Gasteiger partial charge < -0.3 is 10.5 Å². The van der Waals surface area contributed by atoms with Gasteiger partial charge in [-0.25, -0.2) is 0 Å². The molecule has 1 aromatic carbocycles. The number of nitrogens with zero attached hydrogens (tertiary/aromatic N) is 2. The normalized spacial score (nSPS) is 22.4. The molecule has 1 atom stereocenters. The highest BCUT2D eigenvalue weighted by atomic mass is 16.6. The number of rotatable bonds is 4. The van der Waals surface area contributed by atoms with Gasteiger partial charge >= 0.3 is 0 Å². The van der Waals surface area contributed by atoms with Crippen LogP contribution in [-0.4, -0.2) is 28.6 Å². The Morgan fingerprint density at radius 3 is 2.58 bits per heavy atom. The largest absolute Gasteiger partial charge is 0.379 e. The van der Waals surface area contributed by atoms with Gasteiger partial charge in [0.2, 0.25) is 0 Å². The molecular formula is C11H13N3O5. The van der Waals surface area contributed by atoms with Gasteiger partial charge in [0.25, 0.3) is 11.4 Å². The van der Waals surface area contributed by atoms with Crippen molar-refractivity contribution in [1.82, 2.24) is 0 Å². The maximum absolute atomic E-state index is 11.0. The van der Waals surface area contributed by atoms with Crippen molar-refractivity contribution in [3.63, 3.8) is 0 Å². The average molecular weight is 267 g/mol. The van der Waals surface area contributed by atoms with Crippen LogP contribution in [0.1, 0.15) is 12.0 Å². The first kappa shape index (κ1) is 13.4. The summed E-state index contributed by atoms with van der Waals surface area (Å²) >= 11 is 0. The third-order valence-electron chi connectivity index (χ3n) is 3.15. The maximum atomic E-state index is 11.0. The summed E-state index contributed by atoms with van der Waals surface area (Å²) in [4.78, 5) is 20.3. The number of nitrogens with two attached hydrogens (primary N) is 1. The SMILES string of the molecule is NC1(Cc2ccc([N+](=O)[O-])cc2[N+](=O)[O-])CCOC1. The Bertz CT molecular complexity index is 525. The van der Waals surface area contributed by atoms with Crippen LogP contribution in [0.4, 0.5) is 11.4 Å². The number of non-ortho nitro benzene ring substituents is 1. The van der Waals surface area contributed by atoms with E-state index in [9.17, 15) is 20.2 Å². The number of benzene rings is 1. The van der Waals surface area contributed by atoms with Crippen LogP contribution in [0, 0.1) is 20.2 Å². The highest BCUT2D eigenvalue weighted by molar-refractivity contribution is 5.49. The van der Waals surface area contributed by atoms with Crippen molar-refractivity contribution < 1.29 is 14.6 Å². The summed E-state index contributed by atoms with van der Waals surface area (Å²) in [6.45, 7) is 0.860. The summed E-state index contributed by atoms with van der Waals surface area (Å²) in [6.07, 6.45) is 0.877. The molecule has 8 heteroatoms. The lowest BCUT2D eigenvalue weighted by molar-refractivity contribution is -0.394. The van der Waals surface area contributed by atoms with Gasteiger partial charge in [-0.2, -0.15) is 0 Å².